The highest BCUT2D eigenvalue weighted by atomic mass is 16.2. The molecule has 0 aromatic rings. The molecule has 544 valence electrons. The topological polar surface area (TPSA) is 466 Å². The van der Waals surface area contributed by atoms with Gasteiger partial charge in [0.2, 0.25) is 94.5 Å². The Morgan fingerprint density at radius 1 is 0.146 bits per heavy atom. The highest BCUT2D eigenvalue weighted by molar-refractivity contribution is 6.01. The van der Waals surface area contributed by atoms with Crippen molar-refractivity contribution in [1.82, 2.24) is 85.1 Å². The fraction of sp³-hybridized carbons (Fsp3) is 0.750. The van der Waals surface area contributed by atoms with E-state index in [0.29, 0.717) is 0 Å². The molecule has 32 heteroatoms. The van der Waals surface area contributed by atoms with Gasteiger partial charge in [0.25, 0.3) is 0 Å². The maximum atomic E-state index is 13.7. The Kier molecular flexibility index (Phi) is 34.7. The van der Waals surface area contributed by atoms with Crippen molar-refractivity contribution in [3.05, 3.63) is 0 Å². The van der Waals surface area contributed by atoms with Gasteiger partial charge in [-0.1, -0.05) is 111 Å². The van der Waals surface area contributed by atoms with Gasteiger partial charge in [0, 0.05) is 0 Å². The van der Waals surface area contributed by atoms with Gasteiger partial charge in [0.15, 0.2) is 0 Å². The van der Waals surface area contributed by atoms with Crippen LogP contribution in [0, 0.1) is 47.3 Å². The molecule has 16 atom stereocenters. The number of carbonyl (C=O) groups excluding carboxylic acids is 16. The third kappa shape index (κ3) is 26.6. The minimum atomic E-state index is -1.30. The lowest BCUT2D eigenvalue weighted by Gasteiger charge is -2.29. The summed E-state index contributed by atoms with van der Waals surface area (Å²) in [5.41, 5.74) is 0. The van der Waals surface area contributed by atoms with Crippen LogP contribution in [-0.4, -0.2) is 191 Å². The molecule has 0 aromatic carbocycles. The Morgan fingerprint density at radius 3 is 0.281 bits per heavy atom. The molecule has 1 saturated heterocycles. The maximum absolute atomic E-state index is 13.7. The molecule has 0 radical (unpaired) electrons. The highest BCUT2D eigenvalue weighted by Crippen LogP contribution is 2.13. The Morgan fingerprint density at radius 2 is 0.219 bits per heavy atom. The van der Waals surface area contributed by atoms with Crippen LogP contribution >= 0.6 is 0 Å². The van der Waals surface area contributed by atoms with Gasteiger partial charge in [0.1, 0.15) is 96.7 Å². The van der Waals surface area contributed by atoms with Crippen LogP contribution in [-0.2, 0) is 76.7 Å². The second-order valence-corrected chi connectivity index (χ2v) is 27.7. The van der Waals surface area contributed by atoms with Crippen molar-refractivity contribution in [1.29, 1.82) is 0 Å². The number of amides is 16. The molecule has 0 spiro atoms. The minimum Gasteiger partial charge on any atom is -0.343 e. The molecule has 1 aliphatic heterocycles. The number of hydrogen-bond donors (Lipinski definition) is 16. The second-order valence-electron chi connectivity index (χ2n) is 27.7. The summed E-state index contributed by atoms with van der Waals surface area (Å²) in [6.07, 6.45) is 0. The predicted molar refractivity (Wildman–Crippen MR) is 355 cm³/mol. The van der Waals surface area contributed by atoms with Gasteiger partial charge in [-0.2, -0.15) is 0 Å². The number of hydrogen-bond acceptors (Lipinski definition) is 16. The first-order valence-electron chi connectivity index (χ1n) is 33.0. The van der Waals surface area contributed by atoms with Crippen LogP contribution in [0.3, 0.4) is 0 Å². The summed E-state index contributed by atoms with van der Waals surface area (Å²) in [6.45, 7) is 36.6. The van der Waals surface area contributed by atoms with Crippen molar-refractivity contribution in [2.75, 3.05) is 0 Å². The molecule has 0 bridgehead atoms. The van der Waals surface area contributed by atoms with E-state index in [1.807, 2.05) is 0 Å². The Bertz CT molecular complexity index is 2260. The van der Waals surface area contributed by atoms with Crippen LogP contribution in [0.2, 0.25) is 0 Å². The van der Waals surface area contributed by atoms with Gasteiger partial charge in [0.05, 0.1) is 0 Å². The van der Waals surface area contributed by atoms with Gasteiger partial charge in [-0.05, 0) is 103 Å². The summed E-state index contributed by atoms with van der Waals surface area (Å²) < 4.78 is 0. The molecule has 16 N–H and O–H groups in total. The number of rotatable bonds is 8. The SMILES string of the molecule is CC(C)[C@@H]1NC(=O)[C@H](C)NC(=O)[C@@H](C(C)C)NC(=O)[C@H](C)NC(=O)[C@H](C(C)C)NC(=O)[C@H](C)NC(=O)[C@@H](C(C)C)NC(=O)[C@H](C)NC(=O)[C@H](C(C)C)NC(=O)[C@H](C)NC(=O)[C@@H](C(C)C)NC(=O)[C@H](C)NC(=O)[C@H](C(C)C)NC(=O)[C@H](C)NC(=O)[C@@H](C(C)C)NC(=O)[C@H](C)NC1=O. The zero-order valence-electron chi connectivity index (χ0n) is 60.4. The fourth-order valence-corrected chi connectivity index (χ4v) is 9.46. The van der Waals surface area contributed by atoms with Crippen LogP contribution in [0.1, 0.15) is 166 Å². The summed E-state index contributed by atoms with van der Waals surface area (Å²) in [5, 5.41) is 41.0. The van der Waals surface area contributed by atoms with Crippen molar-refractivity contribution < 1.29 is 76.7 Å². The van der Waals surface area contributed by atoms with E-state index in [1.165, 1.54) is 55.4 Å². The van der Waals surface area contributed by atoms with E-state index in [9.17, 15) is 76.7 Å². The molecule has 96 heavy (non-hydrogen) atoms. The molecule has 32 nitrogen and oxygen atoms in total. The fourth-order valence-electron chi connectivity index (χ4n) is 9.46. The molecule has 1 rings (SSSR count). The van der Waals surface area contributed by atoms with Crippen molar-refractivity contribution >= 4 is 94.5 Å². The van der Waals surface area contributed by atoms with Crippen LogP contribution < -0.4 is 85.1 Å². The standard InChI is InChI=1S/C64H112N16O16/c1-25(2)41-57(89)65-34(18)50(82)74-43(27(5)6)59(91)67-36(20)52(84)76-45(29(9)10)61(93)69-38(22)54(86)78-47(31(13)14)63(95)71-40(24)56(88)80-48(32(15)16)64(96)72-39(23)55(87)79-46(30(11)12)62(94)70-37(21)53(85)77-44(28(7)8)60(92)68-35(19)51(83)75-42(26(3)4)58(90)66-33(17)49(81)73-41/h25-48H,1-24H3,(H,65,89)(H,66,90)(H,67,91)(H,68,92)(H,69,93)(H,70,94)(H,71,95)(H,72,96)(H,73,81)(H,74,82)(H,75,83)(H,76,84)(H,77,85)(H,78,86)(H,79,87)(H,80,88)/t33-,34-,35-,36-,37-,38-,39-,40-,41-,42+,43+,44-,45-,46+,47+,48-/m0/s1. The zero-order valence-corrected chi connectivity index (χ0v) is 60.4. The predicted octanol–water partition coefficient (Wildman–Crippen LogP) is -2.84. The molecule has 0 saturated carbocycles. The lowest BCUT2D eigenvalue weighted by molar-refractivity contribution is -0.137. The Labute approximate surface area is 564 Å². The highest BCUT2D eigenvalue weighted by Gasteiger charge is 2.39. The van der Waals surface area contributed by atoms with Gasteiger partial charge in [-0.3, -0.25) is 76.7 Å². The van der Waals surface area contributed by atoms with E-state index >= 15 is 0 Å². The minimum absolute atomic E-state index is 0.578. The van der Waals surface area contributed by atoms with E-state index in [1.54, 1.807) is 111 Å². The monoisotopic (exact) mass is 1360 g/mol. The lowest BCUT2D eigenvalue weighted by Crippen LogP contribution is -2.62. The zero-order chi connectivity index (χ0) is 74.4. The molecular weight excluding hydrogens is 1250 g/mol. The van der Waals surface area contributed by atoms with E-state index < -0.39 is 239 Å². The summed E-state index contributed by atoms with van der Waals surface area (Å²) >= 11 is 0. The van der Waals surface area contributed by atoms with E-state index in [-0.39, 0.29) is 0 Å². The third-order valence-electron chi connectivity index (χ3n) is 16.0. The van der Waals surface area contributed by atoms with Gasteiger partial charge in [-0.15, -0.1) is 0 Å². The average Bonchev–Trinajstić information content (AvgIpc) is 1.31. The molecule has 0 aliphatic carbocycles. The third-order valence-corrected chi connectivity index (χ3v) is 16.0. The molecule has 0 unspecified atom stereocenters. The Balaban J connectivity index is 3.72. The summed E-state index contributed by atoms with van der Waals surface area (Å²) in [6, 6.07) is -20.5. The maximum Gasteiger partial charge on any atom is 0.243 e. The molecule has 1 aliphatic rings. The van der Waals surface area contributed by atoms with E-state index in [2.05, 4.69) is 85.1 Å². The summed E-state index contributed by atoms with van der Waals surface area (Å²) in [4.78, 5) is 219. The normalized spacial score (nSPS) is 30.0. The van der Waals surface area contributed by atoms with Crippen LogP contribution in [0.15, 0.2) is 0 Å². The first-order valence-corrected chi connectivity index (χ1v) is 33.0. The first-order chi connectivity index (χ1) is 44.2. The average molecular weight is 1360 g/mol. The first kappa shape index (κ1) is 85.5. The molecule has 0 aromatic heterocycles. The van der Waals surface area contributed by atoms with Gasteiger partial charge >= 0.3 is 0 Å². The smallest absolute Gasteiger partial charge is 0.243 e. The van der Waals surface area contributed by atoms with Crippen molar-refractivity contribution in [2.24, 2.45) is 47.3 Å². The van der Waals surface area contributed by atoms with Crippen molar-refractivity contribution in [3.63, 3.8) is 0 Å². The Hall–Kier alpha value is -8.48. The van der Waals surface area contributed by atoms with Crippen molar-refractivity contribution in [2.45, 2.75) is 263 Å². The van der Waals surface area contributed by atoms with Crippen LogP contribution in [0.4, 0.5) is 0 Å². The second kappa shape index (κ2) is 38.9. The number of nitrogens with one attached hydrogen (secondary N) is 16. The lowest BCUT2D eigenvalue weighted by atomic mass is 10.0. The summed E-state index contributed by atoms with van der Waals surface area (Å²) in [5.74, 6) is -17.5. The summed E-state index contributed by atoms with van der Waals surface area (Å²) in [7, 11) is 0. The van der Waals surface area contributed by atoms with Crippen molar-refractivity contribution in [3.8, 4) is 0 Å². The van der Waals surface area contributed by atoms with E-state index in [4.69, 9.17) is 0 Å². The molecule has 1 heterocycles. The van der Waals surface area contributed by atoms with Crippen LogP contribution in [0.5, 0.6) is 0 Å². The van der Waals surface area contributed by atoms with E-state index in [0.717, 1.165) is 0 Å². The largest absolute Gasteiger partial charge is 0.343 e. The molecule has 16 amide bonds. The van der Waals surface area contributed by atoms with Gasteiger partial charge in [-0.25, -0.2) is 0 Å². The van der Waals surface area contributed by atoms with Gasteiger partial charge < -0.3 is 85.1 Å². The van der Waals surface area contributed by atoms with Crippen LogP contribution in [0.25, 0.3) is 0 Å². The molecule has 1 fully saturated rings. The molecular formula is C64H112N16O16. The number of carbonyl (C=O) groups is 16. The quantitative estimate of drug-likeness (QED) is 0.116.